The molecule has 0 bridgehead atoms. The van der Waals surface area contributed by atoms with Gasteiger partial charge in [-0.3, -0.25) is 10.1 Å². The SMILES string of the molecule is Cc1cscc1-c1cc(N2CCOCC2)nc2c(-c3ccn[nH]3)nccc12. The van der Waals surface area contributed by atoms with Gasteiger partial charge in [0.05, 0.1) is 18.9 Å². The molecule has 0 radical (unpaired) electrons. The molecule has 0 amide bonds. The highest BCUT2D eigenvalue weighted by molar-refractivity contribution is 7.08. The first kappa shape index (κ1) is 16.4. The lowest BCUT2D eigenvalue weighted by Crippen LogP contribution is -2.36. The minimum Gasteiger partial charge on any atom is -0.378 e. The quantitative estimate of drug-likeness (QED) is 0.587. The molecule has 0 aromatic carbocycles. The van der Waals surface area contributed by atoms with Gasteiger partial charge in [-0.25, -0.2) is 4.98 Å². The van der Waals surface area contributed by atoms with Gasteiger partial charge in [0.1, 0.15) is 17.0 Å². The molecule has 1 aliphatic rings. The Balaban J connectivity index is 1.79. The second-order valence-electron chi connectivity index (χ2n) is 6.62. The van der Waals surface area contributed by atoms with Gasteiger partial charge >= 0.3 is 0 Å². The lowest BCUT2D eigenvalue weighted by molar-refractivity contribution is 0.122. The smallest absolute Gasteiger partial charge is 0.130 e. The third-order valence-electron chi connectivity index (χ3n) is 4.95. The van der Waals surface area contributed by atoms with Gasteiger partial charge in [-0.05, 0) is 52.6 Å². The molecule has 1 aliphatic heterocycles. The number of aromatic amines is 1. The average Bonchev–Trinajstić information content (AvgIpc) is 3.39. The molecule has 0 atom stereocenters. The fraction of sp³-hybridized carbons (Fsp3) is 0.250. The number of pyridine rings is 2. The summed E-state index contributed by atoms with van der Waals surface area (Å²) < 4.78 is 5.52. The Hall–Kier alpha value is -2.77. The Bertz CT molecular complexity index is 1080. The summed E-state index contributed by atoms with van der Waals surface area (Å²) in [5.41, 5.74) is 6.33. The highest BCUT2D eigenvalue weighted by atomic mass is 32.1. The Morgan fingerprint density at radius 1 is 1.11 bits per heavy atom. The van der Waals surface area contributed by atoms with Gasteiger partial charge in [-0.15, -0.1) is 0 Å². The van der Waals surface area contributed by atoms with Crippen LogP contribution >= 0.6 is 11.3 Å². The van der Waals surface area contributed by atoms with Crippen LogP contribution in [-0.2, 0) is 4.74 Å². The summed E-state index contributed by atoms with van der Waals surface area (Å²) in [5.74, 6) is 0.972. The van der Waals surface area contributed by atoms with Crippen LogP contribution < -0.4 is 4.90 Å². The van der Waals surface area contributed by atoms with E-state index in [-0.39, 0.29) is 0 Å². The van der Waals surface area contributed by atoms with Crippen LogP contribution in [0, 0.1) is 6.92 Å². The summed E-state index contributed by atoms with van der Waals surface area (Å²) in [5, 5.41) is 12.6. The van der Waals surface area contributed by atoms with Gasteiger partial charge in [0.25, 0.3) is 0 Å². The van der Waals surface area contributed by atoms with Crippen molar-refractivity contribution in [3.63, 3.8) is 0 Å². The van der Waals surface area contributed by atoms with Gasteiger partial charge in [0.2, 0.25) is 0 Å². The zero-order chi connectivity index (χ0) is 18.2. The van der Waals surface area contributed by atoms with Crippen molar-refractivity contribution in [3.8, 4) is 22.5 Å². The molecule has 0 aliphatic carbocycles. The maximum absolute atomic E-state index is 5.52. The highest BCUT2D eigenvalue weighted by Crippen LogP contribution is 2.37. The number of hydrogen-bond acceptors (Lipinski definition) is 6. The van der Waals surface area contributed by atoms with Crippen LogP contribution in [-0.4, -0.2) is 46.5 Å². The lowest BCUT2D eigenvalue weighted by atomic mass is 10.00. The predicted octanol–water partition coefficient (Wildman–Crippen LogP) is 3.89. The minimum atomic E-state index is 0.729. The van der Waals surface area contributed by atoms with E-state index < -0.39 is 0 Å². The van der Waals surface area contributed by atoms with Crippen LogP contribution in [0.2, 0.25) is 0 Å². The number of thiophene rings is 1. The van der Waals surface area contributed by atoms with Crippen molar-refractivity contribution in [1.29, 1.82) is 0 Å². The van der Waals surface area contributed by atoms with E-state index in [0.29, 0.717) is 0 Å². The highest BCUT2D eigenvalue weighted by Gasteiger charge is 2.19. The molecule has 0 saturated carbocycles. The first-order chi connectivity index (χ1) is 13.3. The maximum atomic E-state index is 5.52. The van der Waals surface area contributed by atoms with Crippen molar-refractivity contribution in [2.24, 2.45) is 0 Å². The molecule has 7 heteroatoms. The molecule has 5 heterocycles. The summed E-state index contributed by atoms with van der Waals surface area (Å²) in [6.45, 7) is 5.31. The first-order valence-corrected chi connectivity index (χ1v) is 9.91. The van der Waals surface area contributed by atoms with E-state index in [1.165, 1.54) is 16.7 Å². The molecular formula is C20H19N5OS. The number of hydrogen-bond donors (Lipinski definition) is 1. The fourth-order valence-corrected chi connectivity index (χ4v) is 4.38. The third kappa shape index (κ3) is 2.89. The Kier molecular flexibility index (Phi) is 4.10. The van der Waals surface area contributed by atoms with Crippen LogP contribution in [0.5, 0.6) is 0 Å². The van der Waals surface area contributed by atoms with E-state index in [1.54, 1.807) is 17.5 Å². The van der Waals surface area contributed by atoms with E-state index in [1.807, 2.05) is 12.3 Å². The topological polar surface area (TPSA) is 66.9 Å². The molecule has 27 heavy (non-hydrogen) atoms. The number of aryl methyl sites for hydroxylation is 1. The molecule has 1 N–H and O–H groups in total. The zero-order valence-corrected chi connectivity index (χ0v) is 15.8. The van der Waals surface area contributed by atoms with E-state index in [0.717, 1.165) is 54.4 Å². The predicted molar refractivity (Wildman–Crippen MR) is 108 cm³/mol. The number of anilines is 1. The Morgan fingerprint density at radius 3 is 2.74 bits per heavy atom. The summed E-state index contributed by atoms with van der Waals surface area (Å²) in [6, 6.07) is 6.19. The molecule has 1 saturated heterocycles. The number of ether oxygens (including phenoxy) is 1. The standard InChI is InChI=1S/C20H19N5OS/c1-13-11-27-12-16(13)15-10-18(25-6-8-26-9-7-25)23-19-14(15)2-4-21-20(19)17-3-5-22-24-17/h2-5,10-12H,6-9H2,1H3,(H,22,24). The maximum Gasteiger partial charge on any atom is 0.130 e. The van der Waals surface area contributed by atoms with Gasteiger partial charge in [-0.1, -0.05) is 0 Å². The summed E-state index contributed by atoms with van der Waals surface area (Å²) >= 11 is 1.73. The second-order valence-corrected chi connectivity index (χ2v) is 7.37. The van der Waals surface area contributed by atoms with Gasteiger partial charge in [-0.2, -0.15) is 16.4 Å². The normalized spacial score (nSPS) is 14.8. The Morgan fingerprint density at radius 2 is 2.00 bits per heavy atom. The van der Waals surface area contributed by atoms with Crippen LogP contribution in [0.4, 0.5) is 5.82 Å². The van der Waals surface area contributed by atoms with Gasteiger partial charge < -0.3 is 9.64 Å². The van der Waals surface area contributed by atoms with Crippen molar-refractivity contribution >= 4 is 28.1 Å². The first-order valence-electron chi connectivity index (χ1n) is 8.96. The molecular weight excluding hydrogens is 358 g/mol. The number of H-pyrrole nitrogens is 1. The number of morpholine rings is 1. The van der Waals surface area contributed by atoms with E-state index in [2.05, 4.69) is 49.9 Å². The Labute approximate surface area is 160 Å². The molecule has 4 aromatic rings. The van der Waals surface area contributed by atoms with Crippen LogP contribution in [0.15, 0.2) is 41.4 Å². The number of aromatic nitrogens is 4. The fourth-order valence-electron chi connectivity index (χ4n) is 3.54. The molecule has 1 fully saturated rings. The van der Waals surface area contributed by atoms with E-state index in [9.17, 15) is 0 Å². The number of nitrogens with zero attached hydrogens (tertiary/aromatic N) is 4. The monoisotopic (exact) mass is 377 g/mol. The lowest BCUT2D eigenvalue weighted by Gasteiger charge is -2.28. The van der Waals surface area contributed by atoms with Gasteiger partial charge in [0, 0.05) is 30.9 Å². The number of nitrogens with one attached hydrogen (secondary N) is 1. The minimum absolute atomic E-state index is 0.729. The van der Waals surface area contributed by atoms with Crippen molar-refractivity contribution in [2.45, 2.75) is 6.92 Å². The van der Waals surface area contributed by atoms with Crippen molar-refractivity contribution in [2.75, 3.05) is 31.2 Å². The van der Waals surface area contributed by atoms with Crippen LogP contribution in [0.25, 0.3) is 33.4 Å². The molecule has 136 valence electrons. The molecule has 0 unspecified atom stereocenters. The zero-order valence-electron chi connectivity index (χ0n) is 15.0. The van der Waals surface area contributed by atoms with Crippen molar-refractivity contribution < 1.29 is 4.74 Å². The van der Waals surface area contributed by atoms with Gasteiger partial charge in [0.15, 0.2) is 0 Å². The van der Waals surface area contributed by atoms with Crippen LogP contribution in [0.3, 0.4) is 0 Å². The number of rotatable bonds is 3. The number of fused-ring (bicyclic) bond motifs is 1. The van der Waals surface area contributed by atoms with E-state index in [4.69, 9.17) is 9.72 Å². The molecule has 4 aromatic heterocycles. The summed E-state index contributed by atoms with van der Waals surface area (Å²) in [4.78, 5) is 11.9. The molecule has 0 spiro atoms. The third-order valence-corrected chi connectivity index (χ3v) is 5.81. The second kappa shape index (κ2) is 6.75. The van der Waals surface area contributed by atoms with Crippen molar-refractivity contribution in [3.05, 3.63) is 46.9 Å². The molecule has 6 nitrogen and oxygen atoms in total. The summed E-state index contributed by atoms with van der Waals surface area (Å²) in [6.07, 6.45) is 3.59. The van der Waals surface area contributed by atoms with Crippen LogP contribution in [0.1, 0.15) is 5.56 Å². The van der Waals surface area contributed by atoms with Crippen molar-refractivity contribution in [1.82, 2.24) is 20.2 Å². The summed E-state index contributed by atoms with van der Waals surface area (Å²) in [7, 11) is 0. The van der Waals surface area contributed by atoms with E-state index >= 15 is 0 Å². The molecule has 5 rings (SSSR count). The largest absolute Gasteiger partial charge is 0.378 e. The average molecular weight is 377 g/mol.